The van der Waals surface area contributed by atoms with E-state index in [2.05, 4.69) is 5.32 Å². The van der Waals surface area contributed by atoms with Crippen molar-refractivity contribution >= 4 is 9.84 Å². The van der Waals surface area contributed by atoms with Crippen molar-refractivity contribution in [2.75, 3.05) is 7.05 Å². The number of likely N-dealkylation sites (N-methyl/N-ethyl adjacent to an activating group) is 1. The number of benzene rings is 1. The third-order valence-corrected chi connectivity index (χ3v) is 4.01. The Kier molecular flexibility index (Phi) is 4.59. The molecule has 1 aromatic carbocycles. The summed E-state index contributed by atoms with van der Waals surface area (Å²) in [6.07, 6.45) is 0.388. The molecule has 1 rings (SSSR count). The number of hydrogen-bond donors (Lipinski definition) is 1. The Bertz CT molecular complexity index is 474. The van der Waals surface area contributed by atoms with E-state index in [-0.39, 0.29) is 10.9 Å². The predicted molar refractivity (Wildman–Crippen MR) is 61.9 cm³/mol. The molecule has 0 bridgehead atoms. The summed E-state index contributed by atoms with van der Waals surface area (Å²) in [5, 5.41) is 2.94. The minimum absolute atomic E-state index is 0.0176. The smallest absolute Gasteiger partial charge is 0.317 e. The monoisotopic (exact) mass is 263 g/mol. The van der Waals surface area contributed by atoms with Crippen molar-refractivity contribution in [1.82, 2.24) is 5.32 Å². The fourth-order valence-electron chi connectivity index (χ4n) is 1.48. The van der Waals surface area contributed by atoms with Gasteiger partial charge < -0.3 is 5.32 Å². The predicted octanol–water partition coefficient (Wildman–Crippen LogP) is 1.83. The van der Waals surface area contributed by atoms with Crippen LogP contribution >= 0.6 is 0 Å². The lowest BCUT2D eigenvalue weighted by Gasteiger charge is -2.14. The molecule has 0 saturated carbocycles. The number of alkyl halides is 2. The molecule has 6 heteroatoms. The standard InChI is InChI=1S/C11H15F2NO2S/c1-8(14-2)7-9-5-3-4-6-10(9)17(15,16)11(12)13/h3-6,8,11,14H,7H2,1-2H3. The van der Waals surface area contributed by atoms with Crippen molar-refractivity contribution in [1.29, 1.82) is 0 Å². The van der Waals surface area contributed by atoms with Gasteiger partial charge in [-0.25, -0.2) is 8.42 Å². The van der Waals surface area contributed by atoms with Crippen molar-refractivity contribution in [3.05, 3.63) is 29.8 Å². The first-order chi connectivity index (χ1) is 7.89. The van der Waals surface area contributed by atoms with Crippen LogP contribution in [0.2, 0.25) is 0 Å². The SMILES string of the molecule is CNC(C)Cc1ccccc1S(=O)(=O)C(F)F. The molecule has 0 radical (unpaired) electrons. The zero-order valence-electron chi connectivity index (χ0n) is 9.65. The largest absolute Gasteiger partial charge is 0.341 e. The van der Waals surface area contributed by atoms with Gasteiger partial charge in [-0.05, 0) is 32.0 Å². The summed E-state index contributed by atoms with van der Waals surface area (Å²) >= 11 is 0. The summed E-state index contributed by atoms with van der Waals surface area (Å²) in [5.74, 6) is -3.38. The molecule has 17 heavy (non-hydrogen) atoms. The van der Waals surface area contributed by atoms with E-state index in [4.69, 9.17) is 0 Å². The summed E-state index contributed by atoms with van der Waals surface area (Å²) < 4.78 is 47.9. The maximum atomic E-state index is 12.5. The van der Waals surface area contributed by atoms with Crippen molar-refractivity contribution in [3.8, 4) is 0 Å². The summed E-state index contributed by atoms with van der Waals surface area (Å²) in [5.41, 5.74) is 0.412. The summed E-state index contributed by atoms with van der Waals surface area (Å²) in [4.78, 5) is -0.280. The minimum atomic E-state index is -4.52. The van der Waals surface area contributed by atoms with Gasteiger partial charge in [0.25, 0.3) is 0 Å². The fourth-order valence-corrected chi connectivity index (χ4v) is 2.45. The van der Waals surface area contributed by atoms with Crippen LogP contribution in [0, 0.1) is 0 Å². The minimum Gasteiger partial charge on any atom is -0.317 e. The molecular formula is C11H15F2NO2S. The molecule has 0 aromatic heterocycles. The second-order valence-corrected chi connectivity index (χ2v) is 5.69. The highest BCUT2D eigenvalue weighted by atomic mass is 32.2. The lowest BCUT2D eigenvalue weighted by atomic mass is 10.1. The topological polar surface area (TPSA) is 46.2 Å². The Morgan fingerprint density at radius 1 is 1.29 bits per heavy atom. The molecule has 1 N–H and O–H groups in total. The van der Waals surface area contributed by atoms with Crippen LogP contribution in [-0.2, 0) is 16.3 Å². The van der Waals surface area contributed by atoms with Gasteiger partial charge in [-0.15, -0.1) is 0 Å². The third-order valence-electron chi connectivity index (χ3n) is 2.53. The van der Waals surface area contributed by atoms with Crippen LogP contribution < -0.4 is 5.32 Å². The lowest BCUT2D eigenvalue weighted by Crippen LogP contribution is -2.25. The van der Waals surface area contributed by atoms with Gasteiger partial charge in [0.05, 0.1) is 4.90 Å². The molecule has 0 aliphatic carbocycles. The van der Waals surface area contributed by atoms with Crippen LogP contribution in [0.4, 0.5) is 8.78 Å². The molecule has 0 heterocycles. The summed E-state index contributed by atoms with van der Waals surface area (Å²) in [6.45, 7) is 1.85. The van der Waals surface area contributed by atoms with E-state index >= 15 is 0 Å². The van der Waals surface area contributed by atoms with Crippen molar-refractivity contribution in [2.24, 2.45) is 0 Å². The molecule has 0 aliphatic rings. The number of rotatable bonds is 5. The average molecular weight is 263 g/mol. The van der Waals surface area contributed by atoms with Gasteiger partial charge >= 0.3 is 5.76 Å². The summed E-state index contributed by atoms with van der Waals surface area (Å²) in [6, 6.07) is 5.89. The zero-order chi connectivity index (χ0) is 13.1. The molecule has 96 valence electrons. The Morgan fingerprint density at radius 2 is 1.88 bits per heavy atom. The quantitative estimate of drug-likeness (QED) is 0.881. The second-order valence-electron chi connectivity index (χ2n) is 3.81. The van der Waals surface area contributed by atoms with E-state index in [1.165, 1.54) is 12.1 Å². The Balaban J connectivity index is 3.17. The molecule has 3 nitrogen and oxygen atoms in total. The molecule has 0 amide bonds. The van der Waals surface area contributed by atoms with Gasteiger partial charge in [-0.1, -0.05) is 18.2 Å². The van der Waals surface area contributed by atoms with E-state index in [1.807, 2.05) is 6.92 Å². The van der Waals surface area contributed by atoms with Crippen molar-refractivity contribution in [3.63, 3.8) is 0 Å². The van der Waals surface area contributed by atoms with Gasteiger partial charge in [-0.3, -0.25) is 0 Å². The van der Waals surface area contributed by atoms with E-state index in [0.717, 1.165) is 0 Å². The van der Waals surface area contributed by atoms with Gasteiger partial charge in [0.2, 0.25) is 9.84 Å². The van der Waals surface area contributed by atoms with Crippen LogP contribution in [-0.4, -0.2) is 27.3 Å². The molecule has 1 unspecified atom stereocenters. The highest BCUT2D eigenvalue weighted by Gasteiger charge is 2.28. The highest BCUT2D eigenvalue weighted by molar-refractivity contribution is 7.91. The molecule has 1 atom stereocenters. The van der Waals surface area contributed by atoms with Crippen LogP contribution in [0.5, 0.6) is 0 Å². The number of sulfone groups is 1. The normalized spacial score (nSPS) is 13.9. The average Bonchev–Trinajstić information content (AvgIpc) is 2.29. The number of halogens is 2. The van der Waals surface area contributed by atoms with Crippen LogP contribution in [0.3, 0.4) is 0 Å². The van der Waals surface area contributed by atoms with Gasteiger partial charge in [0.1, 0.15) is 0 Å². The fraction of sp³-hybridized carbons (Fsp3) is 0.455. The highest BCUT2D eigenvalue weighted by Crippen LogP contribution is 2.23. The number of hydrogen-bond acceptors (Lipinski definition) is 3. The molecule has 0 aliphatic heterocycles. The van der Waals surface area contributed by atoms with E-state index in [1.54, 1.807) is 19.2 Å². The Labute approximate surface area is 99.8 Å². The Morgan fingerprint density at radius 3 is 2.41 bits per heavy atom. The molecule has 0 fully saturated rings. The molecule has 0 spiro atoms. The van der Waals surface area contributed by atoms with Crippen molar-refractivity contribution in [2.45, 2.75) is 30.0 Å². The first-order valence-electron chi connectivity index (χ1n) is 5.16. The summed E-state index contributed by atoms with van der Waals surface area (Å²) in [7, 11) is -2.79. The lowest BCUT2D eigenvalue weighted by molar-refractivity contribution is 0.234. The molecular weight excluding hydrogens is 248 g/mol. The van der Waals surface area contributed by atoms with Crippen LogP contribution in [0.15, 0.2) is 29.2 Å². The Hall–Kier alpha value is -1.01. The first kappa shape index (κ1) is 14.1. The number of nitrogens with one attached hydrogen (secondary N) is 1. The molecule has 1 aromatic rings. The van der Waals surface area contributed by atoms with E-state index < -0.39 is 15.6 Å². The maximum absolute atomic E-state index is 12.5. The third kappa shape index (κ3) is 3.23. The van der Waals surface area contributed by atoms with E-state index in [9.17, 15) is 17.2 Å². The van der Waals surface area contributed by atoms with Crippen LogP contribution in [0.1, 0.15) is 12.5 Å². The maximum Gasteiger partial charge on any atom is 0.341 e. The molecule has 0 saturated heterocycles. The first-order valence-corrected chi connectivity index (χ1v) is 6.71. The van der Waals surface area contributed by atoms with Gasteiger partial charge in [0.15, 0.2) is 0 Å². The van der Waals surface area contributed by atoms with Crippen LogP contribution in [0.25, 0.3) is 0 Å². The van der Waals surface area contributed by atoms with Crippen molar-refractivity contribution < 1.29 is 17.2 Å². The van der Waals surface area contributed by atoms with E-state index in [0.29, 0.717) is 12.0 Å². The second kappa shape index (κ2) is 5.55. The zero-order valence-corrected chi connectivity index (χ0v) is 10.5. The van der Waals surface area contributed by atoms with Gasteiger partial charge in [-0.2, -0.15) is 8.78 Å². The van der Waals surface area contributed by atoms with Gasteiger partial charge in [0, 0.05) is 6.04 Å².